The first-order valence-electron chi connectivity index (χ1n) is 13.1. The zero-order valence-corrected chi connectivity index (χ0v) is 25.3. The summed E-state index contributed by atoms with van der Waals surface area (Å²) < 4.78 is 22.2. The van der Waals surface area contributed by atoms with Crippen molar-refractivity contribution in [2.45, 2.75) is 46.3 Å². The molecule has 0 bridgehead atoms. The molecule has 222 valence electrons. The van der Waals surface area contributed by atoms with Crippen LogP contribution in [0.3, 0.4) is 0 Å². The Kier molecular flexibility index (Phi) is 22.2. The van der Waals surface area contributed by atoms with Crippen LogP contribution in [0.4, 0.5) is 10.1 Å². The number of benzene rings is 1. The number of hydrogen-bond acceptors (Lipinski definition) is 8. The number of aliphatic imine (C=N–C) groups is 1. The van der Waals surface area contributed by atoms with Crippen LogP contribution in [0.2, 0.25) is 0 Å². The number of carbonyl (C=O) groups is 2. The number of rotatable bonds is 15. The SMILES string of the molecule is C=N/C(=C\SCN(CC)CCC)C(=O)Nc1ccc(CN2CC[C@H](F)C2)cc1C.COC.COCCNC=O. The normalized spacial score (nSPS) is 15.1. The zero-order valence-electron chi connectivity index (χ0n) is 24.5. The van der Waals surface area contributed by atoms with Crippen LogP contribution in [0.25, 0.3) is 0 Å². The van der Waals surface area contributed by atoms with Crippen LogP contribution in [-0.4, -0.2) is 102 Å². The summed E-state index contributed by atoms with van der Waals surface area (Å²) in [5.74, 6) is 0.558. The van der Waals surface area contributed by atoms with E-state index in [-0.39, 0.29) is 5.91 Å². The number of aryl methyl sites for hydroxylation is 1. The Morgan fingerprint density at radius 2 is 2.05 bits per heavy atom. The highest BCUT2D eigenvalue weighted by Crippen LogP contribution is 2.21. The maximum absolute atomic E-state index is 13.4. The maximum atomic E-state index is 13.4. The molecular weight excluding hydrogens is 521 g/mol. The Labute approximate surface area is 238 Å². The zero-order chi connectivity index (χ0) is 29.5. The van der Waals surface area contributed by atoms with E-state index in [1.165, 1.54) is 0 Å². The molecule has 39 heavy (non-hydrogen) atoms. The molecule has 0 aromatic heterocycles. The van der Waals surface area contributed by atoms with Crippen LogP contribution in [0.5, 0.6) is 0 Å². The molecule has 0 aliphatic carbocycles. The van der Waals surface area contributed by atoms with E-state index < -0.39 is 6.17 Å². The van der Waals surface area contributed by atoms with Gasteiger partial charge in [0, 0.05) is 64.5 Å². The molecule has 0 unspecified atom stereocenters. The molecule has 1 heterocycles. The standard InChI is InChI=1S/C22H33FN4OS.C4H9NO2.C2H6O/c1-5-10-26(6-2)16-29-15-21(24-4)22(28)25-20-8-7-18(12-17(20)3)13-27-11-9-19(23)14-27;1-7-3-2-5-4-6;1-3-2/h7-8,12,15,19H,4-6,9-11,13-14,16H2,1-3H3,(H,25,28);4H,2-3H2,1H3,(H,5,6);1-2H3/b21-15-;;/t19-;;/m0../s1. The number of ether oxygens (including phenoxy) is 2. The topological polar surface area (TPSA) is 95.5 Å². The van der Waals surface area contributed by atoms with Crippen molar-refractivity contribution in [3.8, 4) is 0 Å². The number of nitrogens with one attached hydrogen (secondary N) is 2. The Balaban J connectivity index is 0.00000123. The highest BCUT2D eigenvalue weighted by molar-refractivity contribution is 8.02. The number of alkyl halides is 1. The van der Waals surface area contributed by atoms with Crippen molar-refractivity contribution in [1.82, 2.24) is 15.1 Å². The molecule has 1 fully saturated rings. The Morgan fingerprint density at radius 1 is 1.33 bits per heavy atom. The third-order valence-corrected chi connectivity index (χ3v) is 6.44. The van der Waals surface area contributed by atoms with Crippen LogP contribution in [0, 0.1) is 6.92 Å². The van der Waals surface area contributed by atoms with Gasteiger partial charge in [0.05, 0.1) is 6.61 Å². The first-order valence-corrected chi connectivity index (χ1v) is 14.2. The van der Waals surface area contributed by atoms with E-state index in [9.17, 15) is 14.0 Å². The molecule has 1 aliphatic heterocycles. The van der Waals surface area contributed by atoms with Gasteiger partial charge in [0.15, 0.2) is 0 Å². The largest absolute Gasteiger partial charge is 0.388 e. The number of halogens is 1. The number of nitrogens with zero attached hydrogens (tertiary/aromatic N) is 3. The summed E-state index contributed by atoms with van der Waals surface area (Å²) in [5.41, 5.74) is 3.17. The predicted molar refractivity (Wildman–Crippen MR) is 161 cm³/mol. The molecule has 0 spiro atoms. The number of likely N-dealkylation sites (tertiary alicyclic amines) is 1. The molecular formula is C28H48FN5O4S. The molecule has 1 atom stereocenters. The average Bonchev–Trinajstić information content (AvgIpc) is 3.32. The molecule has 2 N–H and O–H groups in total. The Morgan fingerprint density at radius 3 is 2.56 bits per heavy atom. The quantitative estimate of drug-likeness (QED) is 0.108. The molecule has 2 amide bonds. The highest BCUT2D eigenvalue weighted by atomic mass is 32.2. The minimum Gasteiger partial charge on any atom is -0.388 e. The van der Waals surface area contributed by atoms with Crippen LogP contribution in [0.1, 0.15) is 37.8 Å². The highest BCUT2D eigenvalue weighted by Gasteiger charge is 2.21. The van der Waals surface area contributed by atoms with Gasteiger partial charge in [-0.25, -0.2) is 4.39 Å². The fourth-order valence-corrected chi connectivity index (χ4v) is 4.51. The molecule has 1 saturated heterocycles. The molecule has 0 radical (unpaired) electrons. The summed E-state index contributed by atoms with van der Waals surface area (Å²) in [6.07, 6.45) is 1.66. The molecule has 1 aromatic carbocycles. The van der Waals surface area contributed by atoms with Crippen LogP contribution in [0.15, 0.2) is 34.3 Å². The number of carbonyl (C=O) groups excluding carboxylic acids is 2. The van der Waals surface area contributed by atoms with E-state index in [0.29, 0.717) is 38.2 Å². The lowest BCUT2D eigenvalue weighted by atomic mass is 10.1. The summed E-state index contributed by atoms with van der Waals surface area (Å²) in [5, 5.41) is 7.14. The summed E-state index contributed by atoms with van der Waals surface area (Å²) in [4.78, 5) is 30.4. The number of amides is 2. The molecule has 1 aliphatic rings. The van der Waals surface area contributed by atoms with Crippen LogP contribution >= 0.6 is 11.8 Å². The van der Waals surface area contributed by atoms with Gasteiger partial charge in [-0.05, 0) is 56.8 Å². The summed E-state index contributed by atoms with van der Waals surface area (Å²) >= 11 is 1.56. The summed E-state index contributed by atoms with van der Waals surface area (Å²) in [6, 6.07) is 5.93. The van der Waals surface area contributed by atoms with E-state index in [0.717, 1.165) is 55.3 Å². The second-order valence-electron chi connectivity index (χ2n) is 8.87. The minimum atomic E-state index is -0.712. The van der Waals surface area contributed by atoms with Gasteiger partial charge in [0.2, 0.25) is 6.41 Å². The van der Waals surface area contributed by atoms with Crippen molar-refractivity contribution in [2.24, 2.45) is 4.99 Å². The molecule has 2 rings (SSSR count). The van der Waals surface area contributed by atoms with Gasteiger partial charge in [-0.2, -0.15) is 0 Å². The lowest BCUT2D eigenvalue weighted by Gasteiger charge is -2.18. The lowest BCUT2D eigenvalue weighted by molar-refractivity contribution is -0.113. The van der Waals surface area contributed by atoms with Gasteiger partial charge in [-0.3, -0.25) is 24.4 Å². The Hall–Kier alpha value is -2.31. The van der Waals surface area contributed by atoms with Gasteiger partial charge in [0.1, 0.15) is 11.9 Å². The van der Waals surface area contributed by atoms with Crippen molar-refractivity contribution in [2.75, 3.05) is 71.9 Å². The minimum absolute atomic E-state index is 0.262. The second kappa shape index (κ2) is 23.6. The van der Waals surface area contributed by atoms with E-state index in [1.54, 1.807) is 38.5 Å². The van der Waals surface area contributed by atoms with E-state index in [2.05, 4.69) is 55.5 Å². The first-order chi connectivity index (χ1) is 18.8. The van der Waals surface area contributed by atoms with Gasteiger partial charge in [0.25, 0.3) is 5.91 Å². The van der Waals surface area contributed by atoms with E-state index in [1.807, 2.05) is 25.1 Å². The molecule has 1 aromatic rings. The van der Waals surface area contributed by atoms with Crippen molar-refractivity contribution in [3.63, 3.8) is 0 Å². The van der Waals surface area contributed by atoms with Gasteiger partial charge in [-0.15, -0.1) is 11.8 Å². The van der Waals surface area contributed by atoms with Crippen molar-refractivity contribution in [3.05, 3.63) is 40.4 Å². The number of anilines is 1. The van der Waals surface area contributed by atoms with Gasteiger partial charge >= 0.3 is 0 Å². The molecule has 0 saturated carbocycles. The summed E-state index contributed by atoms with van der Waals surface area (Å²) in [7, 11) is 4.84. The van der Waals surface area contributed by atoms with Crippen molar-refractivity contribution < 1.29 is 23.5 Å². The van der Waals surface area contributed by atoms with E-state index in [4.69, 9.17) is 0 Å². The second-order valence-corrected chi connectivity index (χ2v) is 9.69. The fraction of sp³-hybridized carbons (Fsp3) is 0.607. The van der Waals surface area contributed by atoms with Crippen LogP contribution in [-0.2, 0) is 25.6 Å². The Bertz CT molecular complexity index is 859. The fourth-order valence-electron chi connectivity index (χ4n) is 3.57. The predicted octanol–water partition coefficient (Wildman–Crippen LogP) is 4.08. The number of thioether (sulfide) groups is 1. The monoisotopic (exact) mass is 569 g/mol. The average molecular weight is 570 g/mol. The lowest BCUT2D eigenvalue weighted by Crippen LogP contribution is -2.23. The summed E-state index contributed by atoms with van der Waals surface area (Å²) in [6.45, 7) is 15.0. The first kappa shape index (κ1) is 36.7. The number of hydrogen-bond donors (Lipinski definition) is 2. The number of methoxy groups -OCH3 is 2. The van der Waals surface area contributed by atoms with Crippen molar-refractivity contribution >= 4 is 36.5 Å². The molecule has 9 nitrogen and oxygen atoms in total. The maximum Gasteiger partial charge on any atom is 0.274 e. The third kappa shape index (κ3) is 17.1. The van der Waals surface area contributed by atoms with Crippen molar-refractivity contribution in [1.29, 1.82) is 0 Å². The van der Waals surface area contributed by atoms with Gasteiger partial charge < -0.3 is 20.1 Å². The third-order valence-electron chi connectivity index (χ3n) is 5.54. The molecule has 11 heteroatoms. The smallest absolute Gasteiger partial charge is 0.274 e. The van der Waals surface area contributed by atoms with E-state index >= 15 is 0 Å². The van der Waals surface area contributed by atoms with Gasteiger partial charge in [-0.1, -0.05) is 26.0 Å². The van der Waals surface area contributed by atoms with Crippen LogP contribution < -0.4 is 10.6 Å².